The summed E-state index contributed by atoms with van der Waals surface area (Å²) >= 11 is 6.18. The molecule has 0 spiro atoms. The first-order valence-corrected chi connectivity index (χ1v) is 9.91. The minimum absolute atomic E-state index is 0.209. The first-order chi connectivity index (χ1) is 14.5. The van der Waals surface area contributed by atoms with Crippen LogP contribution in [0.2, 0.25) is 5.02 Å². The van der Waals surface area contributed by atoms with Crippen molar-refractivity contribution in [3.05, 3.63) is 52.4 Å². The lowest BCUT2D eigenvalue weighted by molar-refractivity contribution is -0.117. The molecule has 0 radical (unpaired) electrons. The highest BCUT2D eigenvalue weighted by atomic mass is 35.5. The van der Waals surface area contributed by atoms with Gasteiger partial charge in [-0.15, -0.1) is 0 Å². The molecule has 10 heteroatoms. The summed E-state index contributed by atoms with van der Waals surface area (Å²) in [5.41, 5.74) is 1.98. The molecule has 4 N–H and O–H groups in total. The molecule has 3 heterocycles. The van der Waals surface area contributed by atoms with Gasteiger partial charge in [-0.3, -0.25) is 4.79 Å². The van der Waals surface area contributed by atoms with E-state index in [2.05, 4.69) is 26.0 Å². The van der Waals surface area contributed by atoms with E-state index in [1.54, 1.807) is 22.9 Å². The van der Waals surface area contributed by atoms with Gasteiger partial charge >= 0.3 is 0 Å². The lowest BCUT2D eigenvalue weighted by Crippen LogP contribution is -2.24. The van der Waals surface area contributed by atoms with Gasteiger partial charge in [0.2, 0.25) is 5.91 Å². The first kappa shape index (κ1) is 18.8. The second-order valence-electron chi connectivity index (χ2n) is 7.39. The van der Waals surface area contributed by atoms with E-state index in [1.165, 1.54) is 18.2 Å². The molecule has 5 rings (SSSR count). The summed E-state index contributed by atoms with van der Waals surface area (Å²) in [6.45, 7) is 0. The molecule has 2 aromatic heterocycles. The van der Waals surface area contributed by atoms with Gasteiger partial charge in [0.15, 0.2) is 5.65 Å². The molecule has 154 valence electrons. The number of aliphatic hydroxyl groups excluding tert-OH is 1. The lowest BCUT2D eigenvalue weighted by atomic mass is 10.1. The predicted octanol–water partition coefficient (Wildman–Crippen LogP) is 3.06. The van der Waals surface area contributed by atoms with Crippen LogP contribution in [0, 0.1) is 5.82 Å². The van der Waals surface area contributed by atoms with E-state index >= 15 is 0 Å². The van der Waals surface area contributed by atoms with Crippen LogP contribution in [0.4, 0.5) is 21.7 Å². The fourth-order valence-electron chi connectivity index (χ4n) is 3.32. The monoisotopic (exact) mass is 428 g/mol. The Morgan fingerprint density at radius 2 is 2.17 bits per heavy atom. The Labute approximate surface area is 175 Å². The Bertz CT molecular complexity index is 1190. The Morgan fingerprint density at radius 1 is 1.33 bits per heavy atom. The summed E-state index contributed by atoms with van der Waals surface area (Å²) in [7, 11) is 0. The normalized spacial score (nSPS) is 20.0. The highest BCUT2D eigenvalue weighted by Crippen LogP contribution is 2.31. The molecule has 2 fully saturated rings. The number of amides is 1. The largest absolute Gasteiger partial charge is 0.373 e. The molecular weight excluding hydrogens is 411 g/mol. The average molecular weight is 429 g/mol. The number of hydrogen-bond donors (Lipinski definition) is 4. The number of benzene rings is 1. The van der Waals surface area contributed by atoms with Gasteiger partial charge in [0.25, 0.3) is 0 Å². The standard InChI is InChI=1S/C20H18ClFN6O2/c21-14-4-1-12(22)7-15(14)25-16-8-17(24-13-2-3-13)28-19(26-16)11(9-23-28)5-10-6-18(29)27-20(10)30/h1,4-5,7-9,13,18,24,29H,2-3,6H2,(H,25,26)(H,27,30)/b10-5+. The summed E-state index contributed by atoms with van der Waals surface area (Å²) in [6.07, 6.45) is 4.74. The Morgan fingerprint density at radius 3 is 2.90 bits per heavy atom. The van der Waals surface area contributed by atoms with Crippen LogP contribution < -0.4 is 16.0 Å². The van der Waals surface area contributed by atoms with Gasteiger partial charge in [-0.1, -0.05) is 11.6 Å². The number of hydrogen-bond acceptors (Lipinski definition) is 6. The van der Waals surface area contributed by atoms with Crippen molar-refractivity contribution in [1.82, 2.24) is 19.9 Å². The molecule has 1 aromatic carbocycles. The van der Waals surface area contributed by atoms with Gasteiger partial charge in [-0.05, 0) is 37.1 Å². The topological polar surface area (TPSA) is 104 Å². The highest BCUT2D eigenvalue weighted by molar-refractivity contribution is 6.33. The van der Waals surface area contributed by atoms with Crippen LogP contribution in [0.3, 0.4) is 0 Å². The molecule has 1 aliphatic heterocycles. The van der Waals surface area contributed by atoms with Crippen molar-refractivity contribution >= 4 is 46.6 Å². The van der Waals surface area contributed by atoms with E-state index in [0.29, 0.717) is 39.4 Å². The summed E-state index contributed by atoms with van der Waals surface area (Å²) < 4.78 is 15.3. The van der Waals surface area contributed by atoms with Crippen molar-refractivity contribution in [3.63, 3.8) is 0 Å². The maximum Gasteiger partial charge on any atom is 0.249 e. The Balaban J connectivity index is 1.58. The molecule has 1 saturated heterocycles. The van der Waals surface area contributed by atoms with Gasteiger partial charge < -0.3 is 21.1 Å². The summed E-state index contributed by atoms with van der Waals surface area (Å²) in [5, 5.41) is 23.3. The van der Waals surface area contributed by atoms with Crippen molar-refractivity contribution < 1.29 is 14.3 Å². The van der Waals surface area contributed by atoms with Gasteiger partial charge in [-0.2, -0.15) is 9.61 Å². The lowest BCUT2D eigenvalue weighted by Gasteiger charge is -2.12. The van der Waals surface area contributed by atoms with Crippen LogP contribution in [-0.4, -0.2) is 37.9 Å². The number of fused-ring (bicyclic) bond motifs is 1. The van der Waals surface area contributed by atoms with E-state index in [4.69, 9.17) is 11.6 Å². The third kappa shape index (κ3) is 3.69. The quantitative estimate of drug-likeness (QED) is 0.466. The van der Waals surface area contributed by atoms with Gasteiger partial charge in [0, 0.05) is 29.7 Å². The number of carbonyl (C=O) groups is 1. The number of nitrogens with zero attached hydrogens (tertiary/aromatic N) is 3. The minimum atomic E-state index is -0.891. The number of halogens is 2. The molecule has 1 aliphatic carbocycles. The molecule has 3 aromatic rings. The van der Waals surface area contributed by atoms with E-state index in [-0.39, 0.29) is 12.3 Å². The molecule has 8 nitrogen and oxygen atoms in total. The third-order valence-corrected chi connectivity index (χ3v) is 5.28. The maximum absolute atomic E-state index is 13.7. The van der Waals surface area contributed by atoms with Crippen molar-refractivity contribution in [2.45, 2.75) is 31.5 Å². The third-order valence-electron chi connectivity index (χ3n) is 4.95. The molecule has 2 aliphatic rings. The maximum atomic E-state index is 13.7. The number of aliphatic hydroxyl groups is 1. The van der Waals surface area contributed by atoms with Crippen LogP contribution in [0.1, 0.15) is 24.8 Å². The number of rotatable bonds is 5. The second kappa shape index (κ2) is 7.26. The van der Waals surface area contributed by atoms with Crippen molar-refractivity contribution in [2.75, 3.05) is 10.6 Å². The van der Waals surface area contributed by atoms with Crippen LogP contribution in [0.15, 0.2) is 36.0 Å². The summed E-state index contributed by atoms with van der Waals surface area (Å²) in [6, 6.07) is 6.20. The molecular formula is C20H18ClFN6O2. The van der Waals surface area contributed by atoms with Crippen LogP contribution in [-0.2, 0) is 4.79 Å². The minimum Gasteiger partial charge on any atom is -0.373 e. The zero-order valence-electron chi connectivity index (χ0n) is 15.7. The van der Waals surface area contributed by atoms with Crippen molar-refractivity contribution in [3.8, 4) is 0 Å². The zero-order valence-corrected chi connectivity index (χ0v) is 16.4. The highest BCUT2D eigenvalue weighted by Gasteiger charge is 2.26. The van der Waals surface area contributed by atoms with Crippen LogP contribution in [0.5, 0.6) is 0 Å². The second-order valence-corrected chi connectivity index (χ2v) is 7.80. The fourth-order valence-corrected chi connectivity index (χ4v) is 3.49. The Hall–Kier alpha value is -3.17. The number of aromatic nitrogens is 3. The van der Waals surface area contributed by atoms with E-state index in [9.17, 15) is 14.3 Å². The number of nitrogens with one attached hydrogen (secondary N) is 3. The summed E-state index contributed by atoms with van der Waals surface area (Å²) in [4.78, 5) is 16.6. The van der Waals surface area contributed by atoms with Gasteiger partial charge in [0.05, 0.1) is 16.9 Å². The molecule has 1 saturated carbocycles. The molecule has 1 atom stereocenters. The SMILES string of the molecule is O=C1NC(O)C/C1=C\c1cnn2c(NC3CC3)cc(Nc3cc(F)ccc3Cl)nc12. The Kier molecular flexibility index (Phi) is 4.56. The van der Waals surface area contributed by atoms with Crippen LogP contribution >= 0.6 is 11.6 Å². The predicted molar refractivity (Wildman–Crippen MR) is 111 cm³/mol. The fraction of sp³-hybridized carbons (Fsp3) is 0.250. The molecule has 1 unspecified atom stereocenters. The van der Waals surface area contributed by atoms with Gasteiger partial charge in [0.1, 0.15) is 23.7 Å². The van der Waals surface area contributed by atoms with Crippen molar-refractivity contribution in [2.24, 2.45) is 0 Å². The number of anilines is 3. The van der Waals surface area contributed by atoms with E-state index < -0.39 is 12.0 Å². The van der Waals surface area contributed by atoms with Crippen molar-refractivity contribution in [1.29, 1.82) is 0 Å². The van der Waals surface area contributed by atoms with E-state index in [0.717, 1.165) is 18.7 Å². The zero-order chi connectivity index (χ0) is 20.8. The smallest absolute Gasteiger partial charge is 0.249 e. The van der Waals surface area contributed by atoms with Gasteiger partial charge in [-0.25, -0.2) is 9.37 Å². The van der Waals surface area contributed by atoms with E-state index in [1.807, 2.05) is 0 Å². The first-order valence-electron chi connectivity index (χ1n) is 9.53. The summed E-state index contributed by atoms with van der Waals surface area (Å²) in [5.74, 6) is 0.436. The molecule has 1 amide bonds. The van der Waals surface area contributed by atoms with Crippen LogP contribution in [0.25, 0.3) is 11.7 Å². The average Bonchev–Trinajstić information content (AvgIpc) is 3.34. The molecule has 0 bridgehead atoms. The molecule has 30 heavy (non-hydrogen) atoms. The number of carbonyl (C=O) groups excluding carboxylic acids is 1.